The van der Waals surface area contributed by atoms with Crippen LogP contribution in [0.5, 0.6) is 0 Å². The van der Waals surface area contributed by atoms with Crippen LogP contribution in [0.2, 0.25) is 5.02 Å². The number of sulfonamides is 1. The van der Waals surface area contributed by atoms with Crippen molar-refractivity contribution in [3.63, 3.8) is 0 Å². The maximum atomic E-state index is 12.5. The van der Waals surface area contributed by atoms with Crippen molar-refractivity contribution < 1.29 is 13.2 Å². The van der Waals surface area contributed by atoms with Crippen LogP contribution in [0.15, 0.2) is 29.2 Å². The van der Waals surface area contributed by atoms with E-state index in [-0.39, 0.29) is 35.2 Å². The summed E-state index contributed by atoms with van der Waals surface area (Å²) in [6.07, 6.45) is 8.01. The second-order valence-electron chi connectivity index (χ2n) is 9.17. The maximum absolute atomic E-state index is 12.5. The van der Waals surface area contributed by atoms with Gasteiger partial charge in [-0.25, -0.2) is 13.1 Å². The highest BCUT2D eigenvalue weighted by atomic mass is 35.5. The van der Waals surface area contributed by atoms with Gasteiger partial charge in [0.1, 0.15) is 0 Å². The molecule has 4 saturated carbocycles. The zero-order chi connectivity index (χ0) is 19.9. The molecular weight excluding hydrogens is 396 g/mol. The molecule has 4 fully saturated rings. The third-order valence-electron chi connectivity index (χ3n) is 7.15. The highest BCUT2D eigenvalue weighted by Gasteiger charge is 2.53. The third-order valence-corrected chi connectivity index (χ3v) is 8.88. The molecule has 7 heteroatoms. The topological polar surface area (TPSA) is 75.3 Å². The predicted octanol–water partition coefficient (Wildman–Crippen LogP) is 3.73. The highest BCUT2D eigenvalue weighted by Crippen LogP contribution is 2.61. The smallest absolute Gasteiger partial charge is 0.240 e. The average Bonchev–Trinajstić information content (AvgIpc) is 2.60. The number of amides is 1. The monoisotopic (exact) mass is 424 g/mol. The first-order valence-electron chi connectivity index (χ1n) is 10.3. The van der Waals surface area contributed by atoms with Crippen LogP contribution in [0.1, 0.15) is 51.9 Å². The Morgan fingerprint density at radius 3 is 2.18 bits per heavy atom. The Morgan fingerprint density at radius 1 is 1.11 bits per heavy atom. The summed E-state index contributed by atoms with van der Waals surface area (Å²) < 4.78 is 27.1. The largest absolute Gasteiger partial charge is 0.353 e. The Morgan fingerprint density at radius 2 is 1.64 bits per heavy atom. The second kappa shape index (κ2) is 7.62. The van der Waals surface area contributed by atoms with Crippen molar-refractivity contribution in [3.8, 4) is 0 Å². The summed E-state index contributed by atoms with van der Waals surface area (Å²) in [6.45, 7) is 2.23. The Kier molecular flexibility index (Phi) is 5.49. The van der Waals surface area contributed by atoms with E-state index in [0.29, 0.717) is 5.02 Å². The van der Waals surface area contributed by atoms with Gasteiger partial charge in [-0.15, -0.1) is 0 Å². The van der Waals surface area contributed by atoms with Gasteiger partial charge in [-0.3, -0.25) is 4.79 Å². The molecule has 0 heterocycles. The van der Waals surface area contributed by atoms with Crippen molar-refractivity contribution in [2.24, 2.45) is 23.2 Å². The molecule has 1 amide bonds. The molecule has 4 bridgehead atoms. The van der Waals surface area contributed by atoms with Gasteiger partial charge in [-0.2, -0.15) is 0 Å². The minimum absolute atomic E-state index is 0.0814. The molecule has 28 heavy (non-hydrogen) atoms. The van der Waals surface area contributed by atoms with Crippen LogP contribution in [-0.2, 0) is 14.8 Å². The summed E-state index contributed by atoms with van der Waals surface area (Å²) in [7, 11) is -3.63. The van der Waals surface area contributed by atoms with Crippen molar-refractivity contribution in [3.05, 3.63) is 29.3 Å². The second-order valence-corrected chi connectivity index (χ2v) is 11.4. The van der Waals surface area contributed by atoms with Crippen molar-refractivity contribution in [2.45, 2.75) is 62.8 Å². The molecule has 2 N–H and O–H groups in total. The number of nitrogens with one attached hydrogen (secondary N) is 2. The van der Waals surface area contributed by atoms with Gasteiger partial charge in [0.05, 0.1) is 4.90 Å². The first-order valence-corrected chi connectivity index (χ1v) is 12.2. The molecule has 5 nitrogen and oxygen atoms in total. The van der Waals surface area contributed by atoms with Gasteiger partial charge in [-0.05, 0) is 92.9 Å². The molecule has 0 aliphatic heterocycles. The van der Waals surface area contributed by atoms with E-state index in [1.165, 1.54) is 62.8 Å². The summed E-state index contributed by atoms with van der Waals surface area (Å²) >= 11 is 5.80. The lowest BCUT2D eigenvalue weighted by Gasteiger charge is -2.59. The molecule has 5 rings (SSSR count). The van der Waals surface area contributed by atoms with Crippen LogP contribution >= 0.6 is 11.6 Å². The average molecular weight is 425 g/mol. The lowest BCUT2D eigenvalue weighted by Crippen LogP contribution is -2.56. The SMILES string of the molecule is C[C@@H](NC(=O)CCNS(=O)(=O)c1ccc(Cl)cc1)C12CC3CC(CC(C3)C1)C2. The van der Waals surface area contributed by atoms with Gasteiger partial charge in [-0.1, -0.05) is 11.6 Å². The Labute approximate surface area is 172 Å². The van der Waals surface area contributed by atoms with Gasteiger partial charge >= 0.3 is 0 Å². The van der Waals surface area contributed by atoms with Crippen LogP contribution < -0.4 is 10.0 Å². The van der Waals surface area contributed by atoms with Crippen molar-refractivity contribution in [1.29, 1.82) is 0 Å². The predicted molar refractivity (Wildman–Crippen MR) is 109 cm³/mol. The maximum Gasteiger partial charge on any atom is 0.240 e. The molecule has 0 saturated heterocycles. The molecule has 1 atom stereocenters. The molecule has 1 aromatic rings. The summed E-state index contributed by atoms with van der Waals surface area (Å²) in [5.74, 6) is 2.45. The minimum Gasteiger partial charge on any atom is -0.353 e. The van der Waals surface area contributed by atoms with E-state index in [1.54, 1.807) is 0 Å². The van der Waals surface area contributed by atoms with Crippen LogP contribution in [0.3, 0.4) is 0 Å². The van der Waals surface area contributed by atoms with Crippen molar-refractivity contribution in [1.82, 2.24) is 10.0 Å². The van der Waals surface area contributed by atoms with E-state index >= 15 is 0 Å². The Hall–Kier alpha value is -1.11. The number of hydrogen-bond acceptors (Lipinski definition) is 3. The number of hydrogen-bond donors (Lipinski definition) is 2. The minimum atomic E-state index is -3.63. The van der Waals surface area contributed by atoms with Gasteiger partial charge in [0.2, 0.25) is 15.9 Å². The van der Waals surface area contributed by atoms with Gasteiger partial charge in [0, 0.05) is 24.0 Å². The normalized spacial score (nSPS) is 32.3. The molecule has 0 unspecified atom stereocenters. The van der Waals surface area contributed by atoms with Crippen LogP contribution in [0, 0.1) is 23.2 Å². The van der Waals surface area contributed by atoms with Crippen LogP contribution in [0.4, 0.5) is 0 Å². The molecule has 154 valence electrons. The summed E-state index contributed by atoms with van der Waals surface area (Å²) in [4.78, 5) is 12.6. The number of benzene rings is 1. The first-order chi connectivity index (χ1) is 13.3. The molecule has 4 aliphatic rings. The summed E-state index contributed by atoms with van der Waals surface area (Å²) in [5.41, 5.74) is 0.257. The highest BCUT2D eigenvalue weighted by molar-refractivity contribution is 7.89. The zero-order valence-corrected chi connectivity index (χ0v) is 17.9. The first kappa shape index (κ1) is 20.2. The third kappa shape index (κ3) is 4.10. The fourth-order valence-electron chi connectivity index (χ4n) is 6.17. The lowest BCUT2D eigenvalue weighted by atomic mass is 9.48. The quantitative estimate of drug-likeness (QED) is 0.700. The number of rotatable bonds is 7. The van der Waals surface area contributed by atoms with Gasteiger partial charge < -0.3 is 5.32 Å². The fourth-order valence-corrected chi connectivity index (χ4v) is 7.33. The van der Waals surface area contributed by atoms with Gasteiger partial charge in [0.25, 0.3) is 0 Å². The van der Waals surface area contributed by atoms with E-state index in [9.17, 15) is 13.2 Å². The number of carbonyl (C=O) groups is 1. The lowest BCUT2D eigenvalue weighted by molar-refractivity contribution is -0.125. The Bertz CT molecular complexity index is 802. The zero-order valence-electron chi connectivity index (χ0n) is 16.3. The van der Waals surface area contributed by atoms with E-state index in [1.807, 2.05) is 0 Å². The number of halogens is 1. The van der Waals surface area contributed by atoms with E-state index in [0.717, 1.165) is 17.8 Å². The molecule has 1 aromatic carbocycles. The van der Waals surface area contributed by atoms with Gasteiger partial charge in [0.15, 0.2) is 0 Å². The number of carbonyl (C=O) groups excluding carboxylic acids is 1. The molecule has 0 spiro atoms. The standard InChI is InChI=1S/C21H29ClN2O3S/c1-14(21-11-15-8-16(12-21)10-17(9-15)13-21)24-20(25)6-7-23-28(26,27)19-4-2-18(22)3-5-19/h2-5,14-17,23H,6-13H2,1H3,(H,24,25)/t14-,15?,16?,17?,21?/m1/s1. The molecular formula is C21H29ClN2O3S. The van der Waals surface area contributed by atoms with E-state index in [2.05, 4.69) is 17.0 Å². The van der Waals surface area contributed by atoms with E-state index < -0.39 is 10.0 Å². The van der Waals surface area contributed by atoms with Crippen molar-refractivity contribution >= 4 is 27.5 Å². The molecule has 0 aromatic heterocycles. The molecule has 0 radical (unpaired) electrons. The van der Waals surface area contributed by atoms with Crippen molar-refractivity contribution in [2.75, 3.05) is 6.54 Å². The summed E-state index contributed by atoms with van der Waals surface area (Å²) in [6, 6.07) is 6.15. The summed E-state index contributed by atoms with van der Waals surface area (Å²) in [5, 5.41) is 3.66. The van der Waals surface area contributed by atoms with Crippen LogP contribution in [-0.4, -0.2) is 26.9 Å². The Balaban J connectivity index is 1.28. The van der Waals surface area contributed by atoms with E-state index in [4.69, 9.17) is 11.6 Å². The van der Waals surface area contributed by atoms with Crippen LogP contribution in [0.25, 0.3) is 0 Å². The molecule has 4 aliphatic carbocycles. The fraction of sp³-hybridized carbons (Fsp3) is 0.667.